The predicted molar refractivity (Wildman–Crippen MR) is 90.0 cm³/mol. The molecule has 2 rings (SSSR count). The smallest absolute Gasteiger partial charge is 0.310 e. The van der Waals surface area contributed by atoms with Crippen LogP contribution in [0.15, 0.2) is 46.9 Å². The van der Waals surface area contributed by atoms with Gasteiger partial charge in [-0.15, -0.1) is 0 Å². The number of carbonyl (C=O) groups excluding carboxylic acids is 1. The highest BCUT2D eigenvalue weighted by Crippen LogP contribution is 2.23. The minimum atomic E-state index is -0.231. The number of rotatable bonds is 6. The molecule has 0 bridgehead atoms. The maximum atomic E-state index is 11.6. The summed E-state index contributed by atoms with van der Waals surface area (Å²) in [6.07, 6.45) is 0.244. The second kappa shape index (κ2) is 7.99. The molecule has 0 fully saturated rings. The zero-order chi connectivity index (χ0) is 15.9. The number of hydrogen-bond acceptors (Lipinski definition) is 3. The van der Waals surface area contributed by atoms with Crippen LogP contribution in [0, 0.1) is 6.92 Å². The summed E-state index contributed by atoms with van der Waals surface area (Å²) in [6, 6.07) is 13.9. The summed E-state index contributed by atoms with van der Waals surface area (Å²) in [5, 5.41) is 0. The first-order valence-electron chi connectivity index (χ1n) is 7.20. The molecule has 0 unspecified atom stereocenters. The Morgan fingerprint density at radius 2 is 1.82 bits per heavy atom. The van der Waals surface area contributed by atoms with E-state index in [0.29, 0.717) is 13.2 Å². The Labute approximate surface area is 139 Å². The van der Waals surface area contributed by atoms with Gasteiger partial charge in [0.15, 0.2) is 0 Å². The summed E-state index contributed by atoms with van der Waals surface area (Å²) in [7, 11) is 0. The van der Waals surface area contributed by atoms with E-state index in [1.54, 1.807) is 6.92 Å². The summed E-state index contributed by atoms with van der Waals surface area (Å²) in [5.41, 5.74) is 3.20. The molecule has 22 heavy (non-hydrogen) atoms. The van der Waals surface area contributed by atoms with Gasteiger partial charge < -0.3 is 9.47 Å². The molecule has 4 heteroatoms. The van der Waals surface area contributed by atoms with E-state index in [2.05, 4.69) is 35.0 Å². The van der Waals surface area contributed by atoms with Crippen LogP contribution in [0.4, 0.5) is 0 Å². The highest BCUT2D eigenvalue weighted by molar-refractivity contribution is 9.10. The van der Waals surface area contributed by atoms with Crippen molar-refractivity contribution in [3.8, 4) is 5.75 Å². The van der Waals surface area contributed by atoms with E-state index in [0.717, 1.165) is 21.3 Å². The molecule has 116 valence electrons. The second-order valence-corrected chi connectivity index (χ2v) is 5.97. The molecule has 0 aliphatic heterocycles. The first kappa shape index (κ1) is 16.6. The van der Waals surface area contributed by atoms with Gasteiger partial charge >= 0.3 is 5.97 Å². The lowest BCUT2D eigenvalue weighted by molar-refractivity contribution is -0.142. The fourth-order valence-corrected chi connectivity index (χ4v) is 2.56. The van der Waals surface area contributed by atoms with Crippen molar-refractivity contribution in [1.82, 2.24) is 0 Å². The van der Waals surface area contributed by atoms with Gasteiger partial charge in [-0.3, -0.25) is 4.79 Å². The van der Waals surface area contributed by atoms with Crippen LogP contribution in [0.2, 0.25) is 0 Å². The van der Waals surface area contributed by atoms with Crippen molar-refractivity contribution in [3.05, 3.63) is 63.6 Å². The molecule has 3 nitrogen and oxygen atoms in total. The molecule has 0 N–H and O–H groups in total. The maximum absolute atomic E-state index is 11.6. The van der Waals surface area contributed by atoms with E-state index in [4.69, 9.17) is 9.47 Å². The fourth-order valence-electron chi connectivity index (χ4n) is 2.04. The Morgan fingerprint density at radius 1 is 1.09 bits per heavy atom. The van der Waals surface area contributed by atoms with Crippen molar-refractivity contribution < 1.29 is 14.3 Å². The molecule has 0 radical (unpaired) electrons. The lowest BCUT2D eigenvalue weighted by atomic mass is 10.1. The van der Waals surface area contributed by atoms with E-state index < -0.39 is 0 Å². The van der Waals surface area contributed by atoms with Crippen molar-refractivity contribution in [2.24, 2.45) is 0 Å². The van der Waals surface area contributed by atoms with Gasteiger partial charge in [0, 0.05) is 4.47 Å². The Morgan fingerprint density at radius 3 is 2.50 bits per heavy atom. The zero-order valence-electron chi connectivity index (χ0n) is 12.8. The van der Waals surface area contributed by atoms with Crippen LogP contribution in [-0.4, -0.2) is 12.6 Å². The quantitative estimate of drug-likeness (QED) is 0.712. The van der Waals surface area contributed by atoms with Crippen LogP contribution in [0.5, 0.6) is 5.75 Å². The summed E-state index contributed by atoms with van der Waals surface area (Å²) >= 11 is 3.45. The molecule has 0 spiro atoms. The van der Waals surface area contributed by atoms with Gasteiger partial charge in [0.2, 0.25) is 0 Å². The standard InChI is InChI=1S/C18H19BrO3/c1-3-21-18(20)10-15-8-16(19)11-17(9-15)22-12-14-6-4-13(2)5-7-14/h4-9,11H,3,10,12H2,1-2H3. The van der Waals surface area contributed by atoms with Crippen molar-refractivity contribution in [1.29, 1.82) is 0 Å². The predicted octanol–water partition coefficient (Wildman–Crippen LogP) is 4.44. The molecule has 2 aromatic rings. The number of benzene rings is 2. The Balaban J connectivity index is 2.02. The van der Waals surface area contributed by atoms with E-state index in [1.165, 1.54) is 5.56 Å². The van der Waals surface area contributed by atoms with Gasteiger partial charge in [0.1, 0.15) is 12.4 Å². The molecule has 0 aliphatic carbocycles. The monoisotopic (exact) mass is 362 g/mol. The molecule has 0 saturated heterocycles. The highest BCUT2D eigenvalue weighted by Gasteiger charge is 2.07. The van der Waals surface area contributed by atoms with Crippen LogP contribution in [0.25, 0.3) is 0 Å². The molecular weight excluding hydrogens is 344 g/mol. The van der Waals surface area contributed by atoms with Crippen molar-refractivity contribution >= 4 is 21.9 Å². The van der Waals surface area contributed by atoms with Gasteiger partial charge in [0.25, 0.3) is 0 Å². The normalized spacial score (nSPS) is 10.3. The summed E-state index contributed by atoms with van der Waals surface area (Å²) in [5.74, 6) is 0.499. The number of ether oxygens (including phenoxy) is 2. The number of hydrogen-bond donors (Lipinski definition) is 0. The molecule has 0 saturated carbocycles. The largest absolute Gasteiger partial charge is 0.489 e. The topological polar surface area (TPSA) is 35.5 Å². The van der Waals surface area contributed by atoms with Crippen LogP contribution >= 0.6 is 15.9 Å². The lowest BCUT2D eigenvalue weighted by Gasteiger charge is -2.09. The van der Waals surface area contributed by atoms with Gasteiger partial charge in [0.05, 0.1) is 13.0 Å². The number of halogens is 1. The van der Waals surface area contributed by atoms with Gasteiger partial charge in [-0.25, -0.2) is 0 Å². The minimum Gasteiger partial charge on any atom is -0.489 e. The van der Waals surface area contributed by atoms with Crippen molar-refractivity contribution in [2.75, 3.05) is 6.61 Å². The molecule has 0 heterocycles. The number of carbonyl (C=O) groups is 1. The molecular formula is C18H19BrO3. The average Bonchev–Trinajstić information content (AvgIpc) is 2.46. The first-order valence-corrected chi connectivity index (χ1v) is 7.99. The molecule has 0 atom stereocenters. The SMILES string of the molecule is CCOC(=O)Cc1cc(Br)cc(OCc2ccc(C)cc2)c1. The lowest BCUT2D eigenvalue weighted by Crippen LogP contribution is -2.07. The molecule has 0 aromatic heterocycles. The third kappa shape index (κ3) is 5.19. The second-order valence-electron chi connectivity index (χ2n) is 5.05. The van der Waals surface area contributed by atoms with Crippen molar-refractivity contribution in [2.45, 2.75) is 26.9 Å². The van der Waals surface area contributed by atoms with E-state index in [9.17, 15) is 4.79 Å². The third-order valence-corrected chi connectivity index (χ3v) is 3.57. The number of aryl methyl sites for hydroxylation is 1. The van der Waals surface area contributed by atoms with Crippen LogP contribution < -0.4 is 4.74 Å². The third-order valence-electron chi connectivity index (χ3n) is 3.11. The van der Waals surface area contributed by atoms with Crippen LogP contribution in [0.1, 0.15) is 23.6 Å². The average molecular weight is 363 g/mol. The first-order chi connectivity index (χ1) is 10.6. The van der Waals surface area contributed by atoms with Crippen LogP contribution in [0.3, 0.4) is 0 Å². The van der Waals surface area contributed by atoms with Crippen LogP contribution in [-0.2, 0) is 22.6 Å². The number of esters is 1. The highest BCUT2D eigenvalue weighted by atomic mass is 79.9. The zero-order valence-corrected chi connectivity index (χ0v) is 14.4. The van der Waals surface area contributed by atoms with Gasteiger partial charge in [-0.05, 0) is 43.2 Å². The summed E-state index contributed by atoms with van der Waals surface area (Å²) < 4.78 is 11.7. The Hall–Kier alpha value is -1.81. The van der Waals surface area contributed by atoms with Gasteiger partial charge in [-0.1, -0.05) is 45.8 Å². The van der Waals surface area contributed by atoms with Gasteiger partial charge in [-0.2, -0.15) is 0 Å². The maximum Gasteiger partial charge on any atom is 0.310 e. The minimum absolute atomic E-state index is 0.231. The summed E-state index contributed by atoms with van der Waals surface area (Å²) in [4.78, 5) is 11.6. The molecule has 2 aromatic carbocycles. The molecule has 0 aliphatic rings. The Bertz CT molecular complexity index is 635. The Kier molecular flexibility index (Phi) is 6.01. The molecule has 0 amide bonds. The summed E-state index contributed by atoms with van der Waals surface area (Å²) in [6.45, 7) is 4.74. The van der Waals surface area contributed by atoms with E-state index in [-0.39, 0.29) is 12.4 Å². The van der Waals surface area contributed by atoms with E-state index >= 15 is 0 Å². The van der Waals surface area contributed by atoms with Crippen molar-refractivity contribution in [3.63, 3.8) is 0 Å². The fraction of sp³-hybridized carbons (Fsp3) is 0.278. The van der Waals surface area contributed by atoms with E-state index in [1.807, 2.05) is 30.3 Å².